The summed E-state index contributed by atoms with van der Waals surface area (Å²) in [5.41, 5.74) is 1.42. The molecule has 2 rings (SSSR count). The number of hydrogen-bond donors (Lipinski definition) is 2. The SMILES string of the molecule is CCCn1c(Sc2ccc(CNC)cc2C#N)n[nH]c1=O. The van der Waals surface area contributed by atoms with Gasteiger partial charge in [-0.1, -0.05) is 13.0 Å². The minimum Gasteiger partial charge on any atom is -0.316 e. The lowest BCUT2D eigenvalue weighted by Gasteiger charge is -2.07. The van der Waals surface area contributed by atoms with Crippen molar-refractivity contribution < 1.29 is 0 Å². The lowest BCUT2D eigenvalue weighted by atomic mass is 10.1. The highest BCUT2D eigenvalue weighted by Crippen LogP contribution is 2.29. The first-order valence-corrected chi connectivity index (χ1v) is 7.52. The van der Waals surface area contributed by atoms with Crippen LogP contribution in [0.25, 0.3) is 0 Å². The van der Waals surface area contributed by atoms with Crippen molar-refractivity contribution in [3.63, 3.8) is 0 Å². The Morgan fingerprint density at radius 2 is 2.33 bits per heavy atom. The molecule has 0 fully saturated rings. The van der Waals surface area contributed by atoms with Gasteiger partial charge < -0.3 is 5.32 Å². The summed E-state index contributed by atoms with van der Waals surface area (Å²) in [5.74, 6) is 0. The van der Waals surface area contributed by atoms with Crippen molar-refractivity contribution in [2.75, 3.05) is 7.05 Å². The fourth-order valence-electron chi connectivity index (χ4n) is 1.97. The first-order valence-electron chi connectivity index (χ1n) is 6.70. The number of nitriles is 1. The summed E-state index contributed by atoms with van der Waals surface area (Å²) in [6.07, 6.45) is 0.846. The quantitative estimate of drug-likeness (QED) is 0.848. The zero-order chi connectivity index (χ0) is 15.2. The molecule has 7 heteroatoms. The molecule has 1 heterocycles. The van der Waals surface area contributed by atoms with Gasteiger partial charge >= 0.3 is 5.69 Å². The maximum atomic E-state index is 11.7. The Bertz CT molecular complexity index is 713. The third kappa shape index (κ3) is 3.54. The molecule has 0 radical (unpaired) electrons. The molecule has 0 spiro atoms. The van der Waals surface area contributed by atoms with Crippen LogP contribution in [0.1, 0.15) is 24.5 Å². The van der Waals surface area contributed by atoms with Crippen molar-refractivity contribution in [1.82, 2.24) is 20.1 Å². The predicted molar refractivity (Wildman–Crippen MR) is 81.2 cm³/mol. The standard InChI is InChI=1S/C14H17N5OS/c1-3-6-19-13(20)17-18-14(19)21-12-5-4-10(9-16-2)7-11(12)8-15/h4-5,7,16H,3,6,9H2,1-2H3,(H,17,20). The van der Waals surface area contributed by atoms with Crippen LogP contribution in [0.3, 0.4) is 0 Å². The van der Waals surface area contributed by atoms with Gasteiger partial charge in [0.1, 0.15) is 6.07 Å². The summed E-state index contributed by atoms with van der Waals surface area (Å²) >= 11 is 1.33. The molecule has 6 nitrogen and oxygen atoms in total. The third-order valence-electron chi connectivity index (χ3n) is 2.92. The summed E-state index contributed by atoms with van der Waals surface area (Å²) in [6, 6.07) is 7.91. The van der Waals surface area contributed by atoms with Crippen molar-refractivity contribution in [2.45, 2.75) is 36.5 Å². The van der Waals surface area contributed by atoms with Gasteiger partial charge in [0.05, 0.1) is 5.56 Å². The summed E-state index contributed by atoms with van der Waals surface area (Å²) < 4.78 is 1.59. The highest BCUT2D eigenvalue weighted by atomic mass is 32.2. The van der Waals surface area contributed by atoms with E-state index < -0.39 is 0 Å². The van der Waals surface area contributed by atoms with Gasteiger partial charge in [-0.15, -0.1) is 5.10 Å². The number of nitrogens with one attached hydrogen (secondary N) is 2. The molecule has 21 heavy (non-hydrogen) atoms. The monoisotopic (exact) mass is 303 g/mol. The maximum absolute atomic E-state index is 11.7. The Hall–Kier alpha value is -2.04. The van der Waals surface area contributed by atoms with E-state index in [0.717, 1.165) is 16.9 Å². The highest BCUT2D eigenvalue weighted by molar-refractivity contribution is 7.99. The van der Waals surface area contributed by atoms with Crippen LogP contribution in [0.15, 0.2) is 33.0 Å². The van der Waals surface area contributed by atoms with E-state index in [0.29, 0.717) is 23.8 Å². The first-order chi connectivity index (χ1) is 10.2. The summed E-state index contributed by atoms with van der Waals surface area (Å²) in [6.45, 7) is 3.32. The minimum absolute atomic E-state index is 0.218. The van der Waals surface area contributed by atoms with Crippen molar-refractivity contribution >= 4 is 11.8 Å². The minimum atomic E-state index is -0.218. The molecule has 2 N–H and O–H groups in total. The molecule has 1 aromatic heterocycles. The Kier molecular flexibility index (Phi) is 5.20. The molecule has 0 saturated carbocycles. The number of benzene rings is 1. The second kappa shape index (κ2) is 7.11. The van der Waals surface area contributed by atoms with Gasteiger partial charge in [-0.2, -0.15) is 5.26 Å². The van der Waals surface area contributed by atoms with Gasteiger partial charge in [-0.3, -0.25) is 4.57 Å². The lowest BCUT2D eigenvalue weighted by molar-refractivity contribution is 0.604. The van der Waals surface area contributed by atoms with Crippen LogP contribution >= 0.6 is 11.8 Å². The average Bonchev–Trinajstić information content (AvgIpc) is 2.82. The molecule has 0 atom stereocenters. The summed E-state index contributed by atoms with van der Waals surface area (Å²) in [7, 11) is 1.86. The molecule has 0 unspecified atom stereocenters. The van der Waals surface area contributed by atoms with Gasteiger partial charge in [-0.05, 0) is 42.9 Å². The van der Waals surface area contributed by atoms with Crippen LogP contribution in [0, 0.1) is 11.3 Å². The summed E-state index contributed by atoms with van der Waals surface area (Å²) in [4.78, 5) is 12.5. The Balaban J connectivity index is 2.32. The normalized spacial score (nSPS) is 10.5. The van der Waals surface area contributed by atoms with E-state index in [2.05, 4.69) is 21.6 Å². The molecular weight excluding hydrogens is 286 g/mol. The Morgan fingerprint density at radius 1 is 1.52 bits per heavy atom. The van der Waals surface area contributed by atoms with Crippen LogP contribution in [0.4, 0.5) is 0 Å². The molecule has 0 bridgehead atoms. The highest BCUT2D eigenvalue weighted by Gasteiger charge is 2.12. The van der Waals surface area contributed by atoms with Gasteiger partial charge in [0.2, 0.25) is 0 Å². The molecule has 1 aromatic carbocycles. The first kappa shape index (κ1) is 15.4. The van der Waals surface area contributed by atoms with E-state index in [1.54, 1.807) is 4.57 Å². The van der Waals surface area contributed by atoms with Crippen molar-refractivity contribution in [2.24, 2.45) is 0 Å². The van der Waals surface area contributed by atoms with E-state index >= 15 is 0 Å². The largest absolute Gasteiger partial charge is 0.343 e. The zero-order valence-electron chi connectivity index (χ0n) is 12.0. The maximum Gasteiger partial charge on any atom is 0.343 e. The van der Waals surface area contributed by atoms with Crippen LogP contribution in [0.5, 0.6) is 0 Å². The molecule has 0 aliphatic heterocycles. The van der Waals surface area contributed by atoms with E-state index in [1.807, 2.05) is 32.2 Å². The van der Waals surface area contributed by atoms with Gasteiger partial charge in [0.25, 0.3) is 0 Å². The van der Waals surface area contributed by atoms with Gasteiger partial charge in [-0.25, -0.2) is 9.89 Å². The Morgan fingerprint density at radius 3 is 3.00 bits per heavy atom. The number of aromatic amines is 1. The fraction of sp³-hybridized carbons (Fsp3) is 0.357. The topological polar surface area (TPSA) is 86.5 Å². The van der Waals surface area contributed by atoms with Crippen LogP contribution in [-0.2, 0) is 13.1 Å². The van der Waals surface area contributed by atoms with Gasteiger partial charge in [0.15, 0.2) is 5.16 Å². The molecule has 2 aromatic rings. The number of nitrogens with zero attached hydrogens (tertiary/aromatic N) is 3. The van der Waals surface area contributed by atoms with Crippen molar-refractivity contribution in [3.8, 4) is 6.07 Å². The molecular formula is C14H17N5OS. The molecule has 0 amide bonds. The van der Waals surface area contributed by atoms with Crippen molar-refractivity contribution in [3.05, 3.63) is 39.8 Å². The van der Waals surface area contributed by atoms with Crippen molar-refractivity contribution in [1.29, 1.82) is 5.26 Å². The second-order valence-corrected chi connectivity index (χ2v) is 5.55. The third-order valence-corrected chi connectivity index (χ3v) is 3.99. The Labute approximate surface area is 127 Å². The van der Waals surface area contributed by atoms with Crippen LogP contribution in [0.2, 0.25) is 0 Å². The second-order valence-electron chi connectivity index (χ2n) is 4.54. The van der Waals surface area contributed by atoms with E-state index in [1.165, 1.54) is 11.8 Å². The fourth-order valence-corrected chi connectivity index (χ4v) is 2.89. The smallest absolute Gasteiger partial charge is 0.316 e. The molecule has 0 saturated heterocycles. The van der Waals surface area contributed by atoms with Crippen LogP contribution < -0.4 is 11.0 Å². The van der Waals surface area contributed by atoms with E-state index in [9.17, 15) is 10.1 Å². The predicted octanol–water partition coefficient (Wildman–Crippen LogP) is 1.72. The molecule has 0 aliphatic carbocycles. The zero-order valence-corrected chi connectivity index (χ0v) is 12.8. The lowest BCUT2D eigenvalue weighted by Crippen LogP contribution is -2.17. The summed E-state index contributed by atoms with van der Waals surface area (Å²) in [5, 5.41) is 19.4. The number of rotatable bonds is 6. The number of H-pyrrole nitrogens is 1. The van der Waals surface area contributed by atoms with E-state index in [4.69, 9.17) is 0 Å². The number of hydrogen-bond acceptors (Lipinski definition) is 5. The number of aromatic nitrogens is 3. The van der Waals surface area contributed by atoms with Gasteiger partial charge in [0, 0.05) is 18.0 Å². The van der Waals surface area contributed by atoms with Crippen LogP contribution in [-0.4, -0.2) is 21.8 Å². The van der Waals surface area contributed by atoms with E-state index in [-0.39, 0.29) is 5.69 Å². The molecule has 110 valence electrons. The molecule has 0 aliphatic rings. The average molecular weight is 303 g/mol.